The molecule has 1 aromatic rings. The van der Waals surface area contributed by atoms with Crippen LogP contribution < -0.4 is 16.0 Å². The maximum atomic E-state index is 12.2. The third-order valence-electron chi connectivity index (χ3n) is 4.33. The normalized spacial score (nSPS) is 20.1. The second-order valence-electron chi connectivity index (χ2n) is 6.78. The van der Waals surface area contributed by atoms with Gasteiger partial charge in [0.25, 0.3) is 0 Å². The standard InChI is InChI=1S/C19H29BrN4O2/c1-4-21-18(23-13-19(3)9-5-11-26-19)22-10-8-17(25)24-16-12-15(20)7-6-14(16)2/h6-7,12H,4-5,8-11,13H2,1-3H3,(H,24,25)(H2,21,22,23). The summed E-state index contributed by atoms with van der Waals surface area (Å²) in [6.45, 7) is 8.81. The number of amides is 1. The molecule has 0 bridgehead atoms. The molecule has 1 amide bonds. The molecule has 0 aromatic heterocycles. The maximum absolute atomic E-state index is 12.2. The van der Waals surface area contributed by atoms with E-state index in [0.29, 0.717) is 19.5 Å². The van der Waals surface area contributed by atoms with Crippen molar-refractivity contribution in [3.63, 3.8) is 0 Å². The molecule has 0 saturated carbocycles. The number of nitrogens with one attached hydrogen (secondary N) is 3. The minimum absolute atomic E-state index is 0.0272. The molecule has 6 nitrogen and oxygen atoms in total. The van der Waals surface area contributed by atoms with Gasteiger partial charge in [-0.25, -0.2) is 0 Å². The number of ether oxygens (including phenoxy) is 1. The quantitative estimate of drug-likeness (QED) is 0.463. The number of rotatable bonds is 7. The molecule has 7 heteroatoms. The van der Waals surface area contributed by atoms with Crippen molar-refractivity contribution in [1.29, 1.82) is 0 Å². The average Bonchev–Trinajstić information content (AvgIpc) is 3.03. The van der Waals surface area contributed by atoms with Gasteiger partial charge in [0.15, 0.2) is 5.96 Å². The van der Waals surface area contributed by atoms with Gasteiger partial charge in [0.2, 0.25) is 5.91 Å². The summed E-state index contributed by atoms with van der Waals surface area (Å²) in [5.74, 6) is 0.691. The van der Waals surface area contributed by atoms with E-state index in [-0.39, 0.29) is 11.5 Å². The molecule has 1 aliphatic rings. The first-order valence-corrected chi connectivity index (χ1v) is 9.93. The molecular weight excluding hydrogens is 396 g/mol. The number of hydrogen-bond donors (Lipinski definition) is 3. The van der Waals surface area contributed by atoms with E-state index in [1.54, 1.807) is 0 Å². The Bertz CT molecular complexity index is 642. The Balaban J connectivity index is 1.81. The summed E-state index contributed by atoms with van der Waals surface area (Å²) < 4.78 is 6.71. The van der Waals surface area contributed by atoms with Crippen LogP contribution in [0.5, 0.6) is 0 Å². The van der Waals surface area contributed by atoms with Crippen molar-refractivity contribution in [3.05, 3.63) is 28.2 Å². The summed E-state index contributed by atoms with van der Waals surface area (Å²) in [5.41, 5.74) is 1.70. The molecule has 26 heavy (non-hydrogen) atoms. The number of aliphatic imine (C=N–C) groups is 1. The number of hydrogen-bond acceptors (Lipinski definition) is 3. The highest BCUT2D eigenvalue weighted by Crippen LogP contribution is 2.25. The average molecular weight is 425 g/mol. The highest BCUT2D eigenvalue weighted by Gasteiger charge is 2.29. The Morgan fingerprint density at radius 1 is 1.38 bits per heavy atom. The summed E-state index contributed by atoms with van der Waals surface area (Å²) in [4.78, 5) is 16.8. The van der Waals surface area contributed by atoms with Gasteiger partial charge in [0, 0.05) is 36.3 Å². The van der Waals surface area contributed by atoms with Crippen molar-refractivity contribution < 1.29 is 9.53 Å². The van der Waals surface area contributed by atoms with Crippen LogP contribution in [0.3, 0.4) is 0 Å². The van der Waals surface area contributed by atoms with Crippen LogP contribution in [-0.4, -0.2) is 43.7 Å². The molecule has 1 saturated heterocycles. The molecule has 3 N–H and O–H groups in total. The minimum atomic E-state index is -0.169. The smallest absolute Gasteiger partial charge is 0.226 e. The first-order chi connectivity index (χ1) is 12.4. The molecule has 1 atom stereocenters. The number of anilines is 1. The zero-order chi connectivity index (χ0) is 19.0. The van der Waals surface area contributed by atoms with Gasteiger partial charge in [-0.3, -0.25) is 9.79 Å². The van der Waals surface area contributed by atoms with Crippen LogP contribution in [0.1, 0.15) is 38.7 Å². The third-order valence-corrected chi connectivity index (χ3v) is 4.83. The van der Waals surface area contributed by atoms with Crippen LogP contribution >= 0.6 is 15.9 Å². The predicted molar refractivity (Wildman–Crippen MR) is 110 cm³/mol. The molecule has 1 unspecified atom stereocenters. The number of halogens is 1. The van der Waals surface area contributed by atoms with Crippen LogP contribution in [0.15, 0.2) is 27.7 Å². The molecule has 2 rings (SSSR count). The highest BCUT2D eigenvalue weighted by molar-refractivity contribution is 9.10. The molecule has 1 fully saturated rings. The van der Waals surface area contributed by atoms with Crippen molar-refractivity contribution >= 4 is 33.5 Å². The van der Waals surface area contributed by atoms with Crippen LogP contribution in [0.2, 0.25) is 0 Å². The summed E-state index contributed by atoms with van der Waals surface area (Å²) >= 11 is 3.43. The number of carbonyl (C=O) groups is 1. The van der Waals surface area contributed by atoms with Crippen LogP contribution in [0, 0.1) is 6.92 Å². The van der Waals surface area contributed by atoms with Gasteiger partial charge in [-0.2, -0.15) is 0 Å². The van der Waals surface area contributed by atoms with Crippen LogP contribution in [0.4, 0.5) is 5.69 Å². The third kappa shape index (κ3) is 6.61. The zero-order valence-corrected chi connectivity index (χ0v) is 17.4. The largest absolute Gasteiger partial charge is 0.373 e. The van der Waals surface area contributed by atoms with E-state index in [4.69, 9.17) is 4.74 Å². The molecule has 0 radical (unpaired) electrons. The van der Waals surface area contributed by atoms with Gasteiger partial charge in [0.05, 0.1) is 12.1 Å². The molecule has 0 aliphatic carbocycles. The monoisotopic (exact) mass is 424 g/mol. The van der Waals surface area contributed by atoms with Crippen LogP contribution in [0.25, 0.3) is 0 Å². The molecule has 1 aromatic carbocycles. The number of aryl methyl sites for hydroxylation is 1. The molecule has 144 valence electrons. The fraction of sp³-hybridized carbons (Fsp3) is 0.579. The van der Waals surface area contributed by atoms with E-state index in [2.05, 4.69) is 43.8 Å². The van der Waals surface area contributed by atoms with Crippen molar-refractivity contribution in [2.75, 3.05) is 31.6 Å². The van der Waals surface area contributed by atoms with Gasteiger partial charge < -0.3 is 20.7 Å². The Morgan fingerprint density at radius 3 is 2.88 bits per heavy atom. The first kappa shape index (κ1) is 20.7. The second kappa shape index (κ2) is 9.92. The van der Waals surface area contributed by atoms with E-state index >= 15 is 0 Å². The van der Waals surface area contributed by atoms with E-state index in [0.717, 1.165) is 47.7 Å². The van der Waals surface area contributed by atoms with Crippen molar-refractivity contribution in [3.8, 4) is 0 Å². The minimum Gasteiger partial charge on any atom is -0.373 e. The fourth-order valence-electron chi connectivity index (χ4n) is 2.79. The van der Waals surface area contributed by atoms with E-state index in [9.17, 15) is 4.79 Å². The molecule has 1 heterocycles. The predicted octanol–water partition coefficient (Wildman–Crippen LogP) is 3.21. The van der Waals surface area contributed by atoms with Crippen molar-refractivity contribution in [2.45, 2.75) is 45.6 Å². The van der Waals surface area contributed by atoms with Crippen molar-refractivity contribution in [1.82, 2.24) is 10.6 Å². The first-order valence-electron chi connectivity index (χ1n) is 9.14. The lowest BCUT2D eigenvalue weighted by molar-refractivity contribution is -0.116. The number of carbonyl (C=O) groups excluding carboxylic acids is 1. The SMILES string of the molecule is CCNC(=NCC1(C)CCCO1)NCCC(=O)Nc1cc(Br)ccc1C. The summed E-state index contributed by atoms with van der Waals surface area (Å²) in [5, 5.41) is 9.38. The summed E-state index contributed by atoms with van der Waals surface area (Å²) in [6.07, 6.45) is 2.49. The van der Waals surface area contributed by atoms with Crippen molar-refractivity contribution in [2.24, 2.45) is 4.99 Å². The summed E-state index contributed by atoms with van der Waals surface area (Å²) in [7, 11) is 0. The Kier molecular flexibility index (Phi) is 7.90. The summed E-state index contributed by atoms with van der Waals surface area (Å²) in [6, 6.07) is 5.84. The lowest BCUT2D eigenvalue weighted by atomic mass is 10.0. The van der Waals surface area contributed by atoms with Gasteiger partial charge in [-0.1, -0.05) is 22.0 Å². The van der Waals surface area contributed by atoms with Gasteiger partial charge in [0.1, 0.15) is 0 Å². The van der Waals surface area contributed by atoms with E-state index in [1.807, 2.05) is 32.0 Å². The fourth-order valence-corrected chi connectivity index (χ4v) is 3.15. The van der Waals surface area contributed by atoms with E-state index < -0.39 is 0 Å². The highest BCUT2D eigenvalue weighted by atomic mass is 79.9. The Morgan fingerprint density at radius 2 is 2.19 bits per heavy atom. The van der Waals surface area contributed by atoms with Gasteiger partial charge in [-0.15, -0.1) is 0 Å². The topological polar surface area (TPSA) is 74.8 Å². The molecule has 0 spiro atoms. The lowest BCUT2D eigenvalue weighted by Gasteiger charge is -2.21. The number of nitrogens with zero attached hydrogens (tertiary/aromatic N) is 1. The number of benzene rings is 1. The Hall–Kier alpha value is -1.60. The van der Waals surface area contributed by atoms with Gasteiger partial charge in [-0.05, 0) is 51.3 Å². The van der Waals surface area contributed by atoms with Gasteiger partial charge >= 0.3 is 0 Å². The molecular formula is C19H29BrN4O2. The molecule has 1 aliphatic heterocycles. The maximum Gasteiger partial charge on any atom is 0.226 e. The second-order valence-corrected chi connectivity index (χ2v) is 7.70. The zero-order valence-electron chi connectivity index (χ0n) is 15.8. The van der Waals surface area contributed by atoms with Crippen LogP contribution in [-0.2, 0) is 9.53 Å². The lowest BCUT2D eigenvalue weighted by Crippen LogP contribution is -2.40. The number of guanidine groups is 1. The Labute approximate surface area is 164 Å². The van der Waals surface area contributed by atoms with E-state index in [1.165, 1.54) is 0 Å².